The van der Waals surface area contributed by atoms with Gasteiger partial charge in [-0.25, -0.2) is 9.55 Å². The molecule has 198 valence electrons. The Kier molecular flexibility index (Phi) is 7.13. The van der Waals surface area contributed by atoms with Crippen LogP contribution in [0.25, 0.3) is 11.4 Å². The summed E-state index contributed by atoms with van der Waals surface area (Å²) in [6.45, 7) is 1.48. The lowest BCUT2D eigenvalue weighted by molar-refractivity contribution is -0.137. The molecule has 0 saturated heterocycles. The van der Waals surface area contributed by atoms with Crippen LogP contribution in [0, 0.1) is 0 Å². The van der Waals surface area contributed by atoms with E-state index in [9.17, 15) is 37.1 Å². The van der Waals surface area contributed by atoms with Gasteiger partial charge in [0.2, 0.25) is 0 Å². The fourth-order valence-corrected chi connectivity index (χ4v) is 4.15. The van der Waals surface area contributed by atoms with Crippen LogP contribution in [0.15, 0.2) is 36.7 Å². The quantitative estimate of drug-likeness (QED) is 0.347. The average Bonchev–Trinajstić information content (AvgIpc) is 3.39. The van der Waals surface area contributed by atoms with E-state index in [1.54, 1.807) is 0 Å². The van der Waals surface area contributed by atoms with Crippen LogP contribution in [0.4, 0.5) is 19.0 Å². The van der Waals surface area contributed by atoms with Gasteiger partial charge in [0.15, 0.2) is 23.1 Å². The first kappa shape index (κ1) is 26.4. The molecule has 0 fully saturated rings. The second-order valence-electron chi connectivity index (χ2n) is 8.25. The van der Waals surface area contributed by atoms with Crippen molar-refractivity contribution >= 4 is 25.3 Å². The summed E-state index contributed by atoms with van der Waals surface area (Å²) < 4.78 is 57.4. The van der Waals surface area contributed by atoms with Crippen molar-refractivity contribution in [3.63, 3.8) is 0 Å². The van der Waals surface area contributed by atoms with E-state index in [4.69, 9.17) is 4.62 Å². The molecular formula is C21H22F3N6O6P. The molecule has 0 saturated carbocycles. The molecule has 1 aliphatic heterocycles. The molecule has 16 heteroatoms. The minimum Gasteiger partial charge on any atom is -0.350 e. The van der Waals surface area contributed by atoms with Crippen molar-refractivity contribution in [1.82, 2.24) is 24.4 Å². The zero-order chi connectivity index (χ0) is 27.0. The molecule has 0 bridgehead atoms. The molecule has 37 heavy (non-hydrogen) atoms. The van der Waals surface area contributed by atoms with Crippen molar-refractivity contribution in [2.45, 2.75) is 32.5 Å². The van der Waals surface area contributed by atoms with E-state index in [0.717, 1.165) is 17.0 Å². The maximum absolute atomic E-state index is 13.1. The summed E-state index contributed by atoms with van der Waals surface area (Å²) in [6, 6.07) is 4.69. The van der Waals surface area contributed by atoms with Gasteiger partial charge in [-0.05, 0) is 24.1 Å². The highest BCUT2D eigenvalue weighted by Gasteiger charge is 2.36. The number of imidazole rings is 1. The monoisotopic (exact) mass is 542 g/mol. The van der Waals surface area contributed by atoms with Gasteiger partial charge in [-0.1, -0.05) is 19.1 Å². The Morgan fingerprint density at radius 3 is 2.73 bits per heavy atom. The molecule has 3 aromatic rings. The number of ketones is 1. The number of benzene rings is 1. The molecule has 1 aromatic carbocycles. The summed E-state index contributed by atoms with van der Waals surface area (Å²) >= 11 is 0. The average molecular weight is 542 g/mol. The van der Waals surface area contributed by atoms with Crippen LogP contribution in [-0.4, -0.2) is 59.1 Å². The van der Waals surface area contributed by atoms with Crippen LogP contribution in [0.1, 0.15) is 41.4 Å². The number of halogens is 3. The number of hydrogen-bond acceptors (Lipinski definition) is 7. The molecule has 12 nitrogen and oxygen atoms in total. The van der Waals surface area contributed by atoms with Crippen LogP contribution >= 0.6 is 7.82 Å². The van der Waals surface area contributed by atoms with E-state index in [1.165, 1.54) is 29.2 Å². The van der Waals surface area contributed by atoms with E-state index in [1.807, 2.05) is 6.92 Å². The highest BCUT2D eigenvalue weighted by atomic mass is 31.2. The van der Waals surface area contributed by atoms with Crippen molar-refractivity contribution in [2.24, 2.45) is 0 Å². The Bertz CT molecular complexity index is 1380. The minimum atomic E-state index is -5.18. The maximum atomic E-state index is 13.1. The number of phosphoric acid groups is 1. The van der Waals surface area contributed by atoms with Gasteiger partial charge in [-0.15, -0.1) is 4.73 Å². The number of hydrogen-bond donors (Lipinski definition) is 3. The van der Waals surface area contributed by atoms with E-state index < -0.39 is 25.5 Å². The number of fused-ring (bicyclic) bond motifs is 1. The molecule has 0 aliphatic carbocycles. The number of nitrogens with one attached hydrogen (secondary N) is 1. The van der Waals surface area contributed by atoms with Gasteiger partial charge >= 0.3 is 14.0 Å². The summed E-state index contributed by atoms with van der Waals surface area (Å²) in [5.41, 5.74) is -0.678. The number of alkyl halides is 3. The number of anilines is 1. The molecule has 0 radical (unpaired) electrons. The third-order valence-corrected chi connectivity index (χ3v) is 5.72. The molecule has 1 aliphatic rings. The molecule has 3 N–H and O–H groups in total. The van der Waals surface area contributed by atoms with Gasteiger partial charge in [-0.2, -0.15) is 18.3 Å². The van der Waals surface area contributed by atoms with Crippen molar-refractivity contribution in [2.75, 3.05) is 18.5 Å². The number of carbonyl (C=O) groups is 2. The SMILES string of the molecule is CCCC(=O)CN1CNc2nc(-c3cnn(Cc4cccc(C(F)(F)F)c4)c3)n(OP(=O)(O)O)c2C1=O. The van der Waals surface area contributed by atoms with Gasteiger partial charge in [0, 0.05) is 12.6 Å². The highest BCUT2D eigenvalue weighted by molar-refractivity contribution is 7.46. The molecule has 2 aromatic heterocycles. The Balaban J connectivity index is 1.66. The molecule has 0 spiro atoms. The van der Waals surface area contributed by atoms with E-state index in [-0.39, 0.29) is 54.9 Å². The first-order valence-electron chi connectivity index (χ1n) is 11.0. The second kappa shape index (κ2) is 10.00. The third-order valence-electron chi connectivity index (χ3n) is 5.34. The summed E-state index contributed by atoms with van der Waals surface area (Å²) in [7, 11) is -5.18. The summed E-state index contributed by atoms with van der Waals surface area (Å²) in [6.07, 6.45) is -1.03. The van der Waals surface area contributed by atoms with Gasteiger partial charge in [0.1, 0.15) is 0 Å². The second-order valence-corrected chi connectivity index (χ2v) is 9.40. The van der Waals surface area contributed by atoms with Gasteiger partial charge in [-0.3, -0.25) is 24.1 Å². The summed E-state index contributed by atoms with van der Waals surface area (Å²) in [5, 5.41) is 6.92. The number of carbonyl (C=O) groups excluding carboxylic acids is 2. The molecular weight excluding hydrogens is 520 g/mol. The summed E-state index contributed by atoms with van der Waals surface area (Å²) in [4.78, 5) is 49.4. The Labute approximate surface area is 207 Å². The van der Waals surface area contributed by atoms with Crippen molar-refractivity contribution < 1.29 is 41.7 Å². The fraction of sp³-hybridized carbons (Fsp3) is 0.333. The van der Waals surface area contributed by atoms with Crippen LogP contribution in [0.2, 0.25) is 0 Å². The van der Waals surface area contributed by atoms with Crippen LogP contribution in [0.3, 0.4) is 0 Å². The number of rotatable bonds is 9. The van der Waals surface area contributed by atoms with Crippen LogP contribution < -0.4 is 9.94 Å². The molecule has 3 heterocycles. The molecule has 4 rings (SSSR count). The van der Waals surface area contributed by atoms with Crippen molar-refractivity contribution in [3.05, 3.63) is 53.5 Å². The van der Waals surface area contributed by atoms with Crippen molar-refractivity contribution in [3.8, 4) is 11.4 Å². The number of aromatic nitrogens is 4. The number of Topliss-reactive ketones (excluding diaryl/α,β-unsaturated/α-hetero) is 1. The first-order valence-corrected chi connectivity index (χ1v) is 12.5. The first-order chi connectivity index (χ1) is 17.4. The molecule has 0 atom stereocenters. The largest absolute Gasteiger partial charge is 0.543 e. The zero-order valence-corrected chi connectivity index (χ0v) is 20.2. The van der Waals surface area contributed by atoms with Gasteiger partial charge < -0.3 is 14.8 Å². The van der Waals surface area contributed by atoms with E-state index in [2.05, 4.69) is 15.4 Å². The maximum Gasteiger partial charge on any atom is 0.543 e. The predicted molar refractivity (Wildman–Crippen MR) is 122 cm³/mol. The van der Waals surface area contributed by atoms with Crippen molar-refractivity contribution in [1.29, 1.82) is 0 Å². The number of nitrogens with zero attached hydrogens (tertiary/aromatic N) is 5. The third kappa shape index (κ3) is 6.01. The molecule has 1 amide bonds. The lowest BCUT2D eigenvalue weighted by Gasteiger charge is -2.27. The topological polar surface area (TPSA) is 152 Å². The smallest absolute Gasteiger partial charge is 0.350 e. The zero-order valence-electron chi connectivity index (χ0n) is 19.3. The summed E-state index contributed by atoms with van der Waals surface area (Å²) in [5.74, 6) is -1.15. The Morgan fingerprint density at radius 2 is 2.05 bits per heavy atom. The fourth-order valence-electron chi connectivity index (χ4n) is 3.77. The van der Waals surface area contributed by atoms with Crippen LogP contribution in [0.5, 0.6) is 0 Å². The van der Waals surface area contributed by atoms with Crippen LogP contribution in [-0.2, 0) is 22.1 Å². The highest BCUT2D eigenvalue weighted by Crippen LogP contribution is 2.37. The predicted octanol–water partition coefficient (Wildman–Crippen LogP) is 2.53. The van der Waals surface area contributed by atoms with E-state index >= 15 is 0 Å². The van der Waals surface area contributed by atoms with Gasteiger partial charge in [0.05, 0.1) is 37.1 Å². The molecule has 0 unspecified atom stereocenters. The van der Waals surface area contributed by atoms with Gasteiger partial charge in [0.25, 0.3) is 5.91 Å². The minimum absolute atomic E-state index is 0.0294. The normalized spacial score (nSPS) is 13.9. The lowest BCUT2D eigenvalue weighted by Crippen LogP contribution is -2.44. The standard InChI is InChI=1S/C21H22F3N6O6P/c1-2-4-16(31)11-28-12-25-18-17(20(28)32)30(36-37(33,34)35)19(27-18)14-8-26-29(10-14)9-13-5-3-6-15(7-13)21(22,23)24/h3,5-8,10,25H,2,4,9,11-12H2,1H3,(H2,33,34,35). The Hall–Kier alpha value is -3.68. The van der Waals surface area contributed by atoms with E-state index in [0.29, 0.717) is 16.7 Å². The Morgan fingerprint density at radius 1 is 1.30 bits per heavy atom. The lowest BCUT2D eigenvalue weighted by atomic mass is 10.1. The number of amides is 1.